The summed E-state index contributed by atoms with van der Waals surface area (Å²) in [5.74, 6) is -4.68. The first kappa shape index (κ1) is 23.5. The number of hydrogen-bond acceptors (Lipinski definition) is 4. The van der Waals surface area contributed by atoms with Crippen molar-refractivity contribution in [2.24, 2.45) is 0 Å². The Morgan fingerprint density at radius 1 is 1.26 bits per heavy atom. The third kappa shape index (κ3) is 4.87. The minimum Gasteiger partial charge on any atom is -0.496 e. The zero-order chi connectivity index (χ0) is 22.6. The molecule has 1 saturated carbocycles. The van der Waals surface area contributed by atoms with Gasteiger partial charge in [0.05, 0.1) is 17.8 Å². The Morgan fingerprint density at radius 2 is 1.90 bits per heavy atom. The van der Waals surface area contributed by atoms with Gasteiger partial charge < -0.3 is 14.8 Å². The first-order chi connectivity index (χ1) is 14.8. The lowest BCUT2D eigenvalue weighted by atomic mass is 9.77. The summed E-state index contributed by atoms with van der Waals surface area (Å²) >= 11 is 0. The van der Waals surface area contributed by atoms with E-state index >= 15 is 0 Å². The summed E-state index contributed by atoms with van der Waals surface area (Å²) < 4.78 is 65.0. The summed E-state index contributed by atoms with van der Waals surface area (Å²) in [5.41, 5.74) is 0.384. The lowest BCUT2D eigenvalue weighted by Crippen LogP contribution is -2.45. The number of benzene rings is 1. The number of ether oxygens (including phenoxy) is 2. The lowest BCUT2D eigenvalue weighted by molar-refractivity contribution is -0.119. The zero-order valence-electron chi connectivity index (χ0n) is 17.7. The summed E-state index contributed by atoms with van der Waals surface area (Å²) in [6, 6.07) is 4.35. The van der Waals surface area contributed by atoms with E-state index in [9.17, 15) is 22.4 Å². The first-order valence-electron chi connectivity index (χ1n) is 10.4. The van der Waals surface area contributed by atoms with Gasteiger partial charge in [0.1, 0.15) is 17.6 Å². The van der Waals surface area contributed by atoms with Crippen molar-refractivity contribution in [3.05, 3.63) is 47.0 Å². The van der Waals surface area contributed by atoms with Gasteiger partial charge >= 0.3 is 0 Å². The fourth-order valence-electron chi connectivity index (χ4n) is 4.36. The van der Waals surface area contributed by atoms with Crippen molar-refractivity contribution in [1.29, 1.82) is 0 Å². The van der Waals surface area contributed by atoms with E-state index in [2.05, 4.69) is 10.6 Å². The van der Waals surface area contributed by atoms with E-state index in [4.69, 9.17) is 9.47 Å². The van der Waals surface area contributed by atoms with E-state index in [0.717, 1.165) is 5.56 Å². The third-order valence-electron chi connectivity index (χ3n) is 6.11. The van der Waals surface area contributed by atoms with Crippen molar-refractivity contribution in [3.8, 4) is 0 Å². The van der Waals surface area contributed by atoms with Gasteiger partial charge in [0.15, 0.2) is 6.67 Å². The van der Waals surface area contributed by atoms with E-state index in [0.29, 0.717) is 25.7 Å². The van der Waals surface area contributed by atoms with Crippen molar-refractivity contribution in [2.75, 3.05) is 26.9 Å². The van der Waals surface area contributed by atoms with Crippen LogP contribution in [0.1, 0.15) is 38.2 Å². The maximum atomic E-state index is 13.9. The highest BCUT2D eigenvalue weighted by Crippen LogP contribution is 2.40. The van der Waals surface area contributed by atoms with Crippen LogP contribution in [-0.4, -0.2) is 50.8 Å². The fourth-order valence-corrected chi connectivity index (χ4v) is 4.36. The van der Waals surface area contributed by atoms with Crippen LogP contribution in [0.2, 0.25) is 0 Å². The second kappa shape index (κ2) is 9.56. The van der Waals surface area contributed by atoms with E-state index in [1.54, 1.807) is 26.2 Å². The second-order valence-corrected chi connectivity index (χ2v) is 7.94. The molecule has 9 heteroatoms. The molecule has 1 amide bonds. The molecule has 1 aliphatic carbocycles. The number of alkyl halides is 3. The molecule has 2 N–H and O–H groups in total. The van der Waals surface area contributed by atoms with Gasteiger partial charge in [0.25, 0.3) is 11.8 Å². The molecule has 3 rings (SSSR count). The van der Waals surface area contributed by atoms with Gasteiger partial charge in [-0.1, -0.05) is 12.1 Å². The molecule has 2 aliphatic rings. The van der Waals surface area contributed by atoms with Gasteiger partial charge in [-0.15, -0.1) is 0 Å². The van der Waals surface area contributed by atoms with Crippen LogP contribution in [0.5, 0.6) is 0 Å². The number of amides is 1. The van der Waals surface area contributed by atoms with Gasteiger partial charge in [-0.2, -0.15) is 0 Å². The van der Waals surface area contributed by atoms with Crippen molar-refractivity contribution in [3.63, 3.8) is 0 Å². The number of methoxy groups -OCH3 is 1. The summed E-state index contributed by atoms with van der Waals surface area (Å²) in [6.07, 6.45) is 2.42. The van der Waals surface area contributed by atoms with E-state index < -0.39 is 30.1 Å². The van der Waals surface area contributed by atoms with E-state index in [1.165, 1.54) is 12.1 Å². The van der Waals surface area contributed by atoms with Crippen LogP contribution < -0.4 is 10.6 Å². The predicted octanol–water partition coefficient (Wildman–Crippen LogP) is 3.59. The lowest BCUT2D eigenvalue weighted by Gasteiger charge is -2.39. The molecule has 0 spiro atoms. The quantitative estimate of drug-likeness (QED) is 0.602. The average molecular weight is 444 g/mol. The summed E-state index contributed by atoms with van der Waals surface area (Å²) in [7, 11) is 1.61. The molecule has 1 aromatic carbocycles. The zero-order valence-corrected chi connectivity index (χ0v) is 17.7. The molecule has 1 atom stereocenters. The molecule has 1 aromatic rings. The van der Waals surface area contributed by atoms with Crippen molar-refractivity contribution >= 4 is 5.91 Å². The Balaban J connectivity index is 1.68. The second-order valence-electron chi connectivity index (χ2n) is 7.94. The maximum absolute atomic E-state index is 13.9. The predicted molar refractivity (Wildman–Crippen MR) is 107 cm³/mol. The number of halogens is 4. The van der Waals surface area contributed by atoms with E-state index in [1.807, 2.05) is 0 Å². The Bertz CT molecular complexity index is 805. The van der Waals surface area contributed by atoms with Gasteiger partial charge in [-0.3, -0.25) is 10.1 Å². The molecule has 1 aliphatic heterocycles. The molecule has 0 aromatic heterocycles. The smallest absolute Gasteiger partial charge is 0.298 e. The SMILES string of the molecule is CCOC1=C(C(=O)N[C@H]2CC[C@](OC)(c3ccc(F)cc3)CC2)CNC1C(F)(F)CF. The van der Waals surface area contributed by atoms with Crippen LogP contribution in [0, 0.1) is 5.82 Å². The summed E-state index contributed by atoms with van der Waals surface area (Å²) in [5, 5.41) is 5.39. The van der Waals surface area contributed by atoms with Gasteiger partial charge in [-0.05, 0) is 50.3 Å². The van der Waals surface area contributed by atoms with Crippen molar-refractivity contribution in [1.82, 2.24) is 10.6 Å². The normalized spacial score (nSPS) is 26.8. The molecule has 31 heavy (non-hydrogen) atoms. The van der Waals surface area contributed by atoms with Crippen LogP contribution in [0.15, 0.2) is 35.6 Å². The topological polar surface area (TPSA) is 59.6 Å². The Kier molecular flexibility index (Phi) is 7.26. The number of hydrogen-bond donors (Lipinski definition) is 2. The van der Waals surface area contributed by atoms with Crippen LogP contribution in [0.4, 0.5) is 17.6 Å². The van der Waals surface area contributed by atoms with E-state index in [-0.39, 0.29) is 36.3 Å². The number of nitrogens with one attached hydrogen (secondary N) is 2. The molecular weight excluding hydrogens is 416 g/mol. The molecule has 0 radical (unpaired) electrons. The van der Waals surface area contributed by atoms with Gasteiger partial charge in [-0.25, -0.2) is 17.6 Å². The summed E-state index contributed by atoms with van der Waals surface area (Å²) in [4.78, 5) is 12.8. The third-order valence-corrected chi connectivity index (χ3v) is 6.11. The van der Waals surface area contributed by atoms with Gasteiger partial charge in [0, 0.05) is 19.7 Å². The summed E-state index contributed by atoms with van der Waals surface area (Å²) in [6.45, 7) is -0.260. The van der Waals surface area contributed by atoms with Crippen LogP contribution >= 0.6 is 0 Å². The Labute approximate surface area is 179 Å². The number of rotatable bonds is 8. The van der Waals surface area contributed by atoms with Crippen molar-refractivity contribution in [2.45, 2.75) is 56.2 Å². The molecule has 1 heterocycles. The fraction of sp³-hybridized carbons (Fsp3) is 0.591. The molecular formula is C22H28F4N2O3. The standard InChI is InChI=1S/C22H28F4N2O3/c1-3-31-18-17(12-27-19(18)22(25,26)13-23)20(29)28-16-8-10-21(30-2,11-9-16)14-4-6-15(24)7-5-14/h4-7,16,19,27H,3,8-13H2,1-2H3,(H,28,29)/t16-,19?,21+. The number of carbonyl (C=O) groups excluding carboxylic acids is 1. The molecule has 0 bridgehead atoms. The highest BCUT2D eigenvalue weighted by Gasteiger charge is 2.48. The molecule has 172 valence electrons. The average Bonchev–Trinajstić information content (AvgIpc) is 3.20. The minimum absolute atomic E-state index is 0.0714. The maximum Gasteiger partial charge on any atom is 0.298 e. The largest absolute Gasteiger partial charge is 0.496 e. The monoisotopic (exact) mass is 444 g/mol. The number of carbonyl (C=O) groups is 1. The molecule has 1 unspecified atom stereocenters. The molecule has 1 fully saturated rings. The highest BCUT2D eigenvalue weighted by atomic mass is 19.3. The molecule has 5 nitrogen and oxygen atoms in total. The first-order valence-corrected chi connectivity index (χ1v) is 10.4. The van der Waals surface area contributed by atoms with Crippen LogP contribution in [0.25, 0.3) is 0 Å². The minimum atomic E-state index is -3.66. The Morgan fingerprint density at radius 3 is 2.45 bits per heavy atom. The highest BCUT2D eigenvalue weighted by molar-refractivity contribution is 5.95. The van der Waals surface area contributed by atoms with Gasteiger partial charge in [0.2, 0.25) is 0 Å². The Hall–Kier alpha value is -2.13. The van der Waals surface area contributed by atoms with Crippen LogP contribution in [0.3, 0.4) is 0 Å². The molecule has 0 saturated heterocycles. The van der Waals surface area contributed by atoms with Crippen LogP contribution in [-0.2, 0) is 19.9 Å². The van der Waals surface area contributed by atoms with Crippen molar-refractivity contribution < 1.29 is 31.8 Å².